The molecule has 214 valence electrons. The first-order valence-corrected chi connectivity index (χ1v) is 14.8. The number of carbonyl (C=O) groups is 2. The van der Waals surface area contributed by atoms with Crippen LogP contribution in [0, 0.1) is 5.92 Å². The topological polar surface area (TPSA) is 76.7 Å². The number of nitrogens with one attached hydrogen (secondary N) is 2. The quantitative estimate of drug-likeness (QED) is 0.197. The highest BCUT2D eigenvalue weighted by molar-refractivity contribution is 5.80. The number of fused-ring (bicyclic) bond motifs is 6. The van der Waals surface area contributed by atoms with E-state index in [1.165, 1.54) is 44.5 Å². The standard InChI is InChI=1S/C36H36N2O4/c1-24(21-38-36(40)42-23-34-31-18-8-4-14-27(31)28-15-5-9-19-32(28)34)11-10-20-37-35(39)41-22-33-29-16-6-2-12-25(29)26-13-3-7-17-30(26)33/h2-9,12-19,24,33-34H,10-11,20-23H2,1H3,(H,37,39)(H,38,40). The van der Waals surface area contributed by atoms with E-state index >= 15 is 0 Å². The molecule has 0 fully saturated rings. The van der Waals surface area contributed by atoms with Crippen molar-refractivity contribution in [2.45, 2.75) is 31.6 Å². The summed E-state index contributed by atoms with van der Waals surface area (Å²) < 4.78 is 11.3. The van der Waals surface area contributed by atoms with Crippen LogP contribution in [0.4, 0.5) is 9.59 Å². The molecular weight excluding hydrogens is 524 g/mol. The lowest BCUT2D eigenvalue weighted by Crippen LogP contribution is -2.31. The molecule has 1 atom stereocenters. The average Bonchev–Trinajstić information content (AvgIpc) is 3.52. The molecule has 0 aliphatic heterocycles. The molecule has 0 spiro atoms. The third-order valence-electron chi connectivity index (χ3n) is 8.43. The molecule has 4 aromatic rings. The zero-order valence-corrected chi connectivity index (χ0v) is 23.8. The SMILES string of the molecule is CC(CCCNC(=O)OCC1c2ccccc2-c2ccccc21)CNC(=O)OCC1c2ccccc2-c2ccccc21. The van der Waals surface area contributed by atoms with Crippen LogP contribution < -0.4 is 10.6 Å². The van der Waals surface area contributed by atoms with Gasteiger partial charge in [0, 0.05) is 24.9 Å². The van der Waals surface area contributed by atoms with Crippen molar-refractivity contribution in [1.29, 1.82) is 0 Å². The van der Waals surface area contributed by atoms with Gasteiger partial charge in [-0.15, -0.1) is 0 Å². The van der Waals surface area contributed by atoms with Crippen molar-refractivity contribution >= 4 is 12.2 Å². The van der Waals surface area contributed by atoms with Gasteiger partial charge >= 0.3 is 12.2 Å². The maximum Gasteiger partial charge on any atom is 0.407 e. The molecule has 2 aliphatic rings. The molecule has 0 bridgehead atoms. The lowest BCUT2D eigenvalue weighted by atomic mass is 9.98. The first-order chi connectivity index (χ1) is 20.6. The molecule has 2 amide bonds. The second-order valence-electron chi connectivity index (χ2n) is 11.2. The highest BCUT2D eigenvalue weighted by atomic mass is 16.6. The first kappa shape index (κ1) is 27.6. The van der Waals surface area contributed by atoms with Crippen LogP contribution in [0.25, 0.3) is 22.3 Å². The number of benzene rings is 4. The first-order valence-electron chi connectivity index (χ1n) is 14.8. The monoisotopic (exact) mass is 560 g/mol. The second-order valence-corrected chi connectivity index (χ2v) is 11.2. The predicted octanol–water partition coefficient (Wildman–Crippen LogP) is 7.48. The van der Waals surface area contributed by atoms with Crippen LogP contribution in [-0.4, -0.2) is 38.5 Å². The van der Waals surface area contributed by atoms with Crippen LogP contribution >= 0.6 is 0 Å². The number of ether oxygens (including phenoxy) is 2. The number of rotatable bonds is 10. The second kappa shape index (κ2) is 12.5. The summed E-state index contributed by atoms with van der Waals surface area (Å²) in [5.74, 6) is 0.339. The van der Waals surface area contributed by atoms with E-state index in [0.717, 1.165) is 12.8 Å². The Labute approximate surface area is 247 Å². The van der Waals surface area contributed by atoms with Gasteiger partial charge in [-0.25, -0.2) is 9.59 Å². The minimum absolute atomic E-state index is 0.0459. The lowest BCUT2D eigenvalue weighted by Gasteiger charge is -2.16. The Morgan fingerprint density at radius 3 is 1.43 bits per heavy atom. The van der Waals surface area contributed by atoms with Gasteiger partial charge < -0.3 is 20.1 Å². The molecule has 42 heavy (non-hydrogen) atoms. The van der Waals surface area contributed by atoms with Gasteiger partial charge in [0.05, 0.1) is 0 Å². The van der Waals surface area contributed by atoms with Crippen LogP contribution in [0.2, 0.25) is 0 Å². The number of amides is 2. The van der Waals surface area contributed by atoms with Crippen LogP contribution in [0.15, 0.2) is 97.1 Å². The van der Waals surface area contributed by atoms with Gasteiger partial charge in [-0.05, 0) is 63.3 Å². The van der Waals surface area contributed by atoms with Crippen molar-refractivity contribution in [2.75, 3.05) is 26.3 Å². The van der Waals surface area contributed by atoms with E-state index in [1.807, 2.05) is 48.5 Å². The highest BCUT2D eigenvalue weighted by Gasteiger charge is 2.30. The van der Waals surface area contributed by atoms with Crippen molar-refractivity contribution in [1.82, 2.24) is 10.6 Å². The Bertz CT molecular complexity index is 1490. The molecule has 6 heteroatoms. The molecule has 2 aliphatic carbocycles. The lowest BCUT2D eigenvalue weighted by molar-refractivity contribution is 0.141. The normalized spacial score (nSPS) is 13.8. The van der Waals surface area contributed by atoms with E-state index in [-0.39, 0.29) is 17.8 Å². The maximum absolute atomic E-state index is 12.5. The molecule has 2 N–H and O–H groups in total. The Morgan fingerprint density at radius 1 is 0.619 bits per heavy atom. The van der Waals surface area contributed by atoms with Crippen molar-refractivity contribution < 1.29 is 19.1 Å². The Balaban J connectivity index is 0.886. The van der Waals surface area contributed by atoms with E-state index in [0.29, 0.717) is 26.3 Å². The molecule has 0 aromatic heterocycles. The summed E-state index contributed by atoms with van der Waals surface area (Å²) in [6.45, 7) is 3.73. The van der Waals surface area contributed by atoms with Gasteiger partial charge in [0.15, 0.2) is 0 Å². The van der Waals surface area contributed by atoms with Gasteiger partial charge in [-0.3, -0.25) is 0 Å². The molecular formula is C36H36N2O4. The summed E-state index contributed by atoms with van der Waals surface area (Å²) in [6, 6.07) is 33.2. The fraction of sp³-hybridized carbons (Fsp3) is 0.278. The number of carbonyl (C=O) groups excluding carboxylic acids is 2. The summed E-state index contributed by atoms with van der Waals surface area (Å²) in [5, 5.41) is 5.77. The summed E-state index contributed by atoms with van der Waals surface area (Å²) in [5.41, 5.74) is 9.64. The summed E-state index contributed by atoms with van der Waals surface area (Å²) in [7, 11) is 0. The van der Waals surface area contributed by atoms with Gasteiger partial charge in [0.2, 0.25) is 0 Å². The van der Waals surface area contributed by atoms with Crippen LogP contribution in [0.5, 0.6) is 0 Å². The van der Waals surface area contributed by atoms with E-state index < -0.39 is 12.2 Å². The largest absolute Gasteiger partial charge is 0.449 e. The zero-order valence-electron chi connectivity index (χ0n) is 23.8. The van der Waals surface area contributed by atoms with E-state index in [4.69, 9.17) is 9.47 Å². The summed E-state index contributed by atoms with van der Waals surface area (Å²) in [4.78, 5) is 24.9. The van der Waals surface area contributed by atoms with Crippen LogP contribution in [0.1, 0.15) is 53.9 Å². The molecule has 0 saturated carbocycles. The minimum Gasteiger partial charge on any atom is -0.449 e. The Kier molecular flexibility index (Phi) is 8.22. The molecule has 1 unspecified atom stereocenters. The Morgan fingerprint density at radius 2 is 1.00 bits per heavy atom. The number of alkyl carbamates (subject to hydrolysis) is 2. The van der Waals surface area contributed by atoms with Crippen molar-refractivity contribution in [2.24, 2.45) is 5.92 Å². The van der Waals surface area contributed by atoms with Gasteiger partial charge in [-0.1, -0.05) is 104 Å². The van der Waals surface area contributed by atoms with Gasteiger partial charge in [0.25, 0.3) is 0 Å². The van der Waals surface area contributed by atoms with E-state index in [1.54, 1.807) is 0 Å². The zero-order chi connectivity index (χ0) is 28.9. The predicted molar refractivity (Wildman–Crippen MR) is 165 cm³/mol. The summed E-state index contributed by atoms with van der Waals surface area (Å²) >= 11 is 0. The van der Waals surface area contributed by atoms with Gasteiger partial charge in [-0.2, -0.15) is 0 Å². The number of hydrogen-bond donors (Lipinski definition) is 2. The maximum atomic E-state index is 12.5. The van der Waals surface area contributed by atoms with Crippen LogP contribution in [-0.2, 0) is 9.47 Å². The minimum atomic E-state index is -0.402. The fourth-order valence-corrected chi connectivity index (χ4v) is 6.30. The fourth-order valence-electron chi connectivity index (χ4n) is 6.30. The smallest absolute Gasteiger partial charge is 0.407 e. The molecule has 0 saturated heterocycles. The van der Waals surface area contributed by atoms with Crippen molar-refractivity contribution in [3.63, 3.8) is 0 Å². The van der Waals surface area contributed by atoms with E-state index in [2.05, 4.69) is 66.1 Å². The third-order valence-corrected chi connectivity index (χ3v) is 8.43. The molecule has 0 heterocycles. The van der Waals surface area contributed by atoms with Crippen LogP contribution in [0.3, 0.4) is 0 Å². The number of hydrogen-bond acceptors (Lipinski definition) is 4. The molecule has 6 rings (SSSR count). The highest BCUT2D eigenvalue weighted by Crippen LogP contribution is 2.45. The molecule has 6 nitrogen and oxygen atoms in total. The van der Waals surface area contributed by atoms with Crippen molar-refractivity contribution in [3.05, 3.63) is 119 Å². The summed E-state index contributed by atoms with van der Waals surface area (Å²) in [6.07, 6.45) is 0.840. The molecule has 0 radical (unpaired) electrons. The molecule has 4 aromatic carbocycles. The average molecular weight is 561 g/mol. The van der Waals surface area contributed by atoms with Gasteiger partial charge in [0.1, 0.15) is 13.2 Å². The van der Waals surface area contributed by atoms with E-state index in [9.17, 15) is 9.59 Å². The third kappa shape index (κ3) is 5.75. The van der Waals surface area contributed by atoms with Crippen molar-refractivity contribution in [3.8, 4) is 22.3 Å². The Hall–Kier alpha value is -4.58.